The monoisotopic (exact) mass is 314 g/mol. The third-order valence-electron chi connectivity index (χ3n) is 4.91. The Morgan fingerprint density at radius 1 is 1.26 bits per heavy atom. The fraction of sp³-hybridized carbons (Fsp3) is 0.500. The van der Waals surface area contributed by atoms with Gasteiger partial charge in [-0.25, -0.2) is 0 Å². The molecule has 1 unspecified atom stereocenters. The first-order chi connectivity index (χ1) is 11.2. The van der Waals surface area contributed by atoms with Crippen LogP contribution in [0.2, 0.25) is 0 Å². The van der Waals surface area contributed by atoms with E-state index in [1.54, 1.807) is 0 Å². The molecule has 5 heteroatoms. The minimum absolute atomic E-state index is 0.00166. The van der Waals surface area contributed by atoms with Crippen molar-refractivity contribution in [1.82, 2.24) is 4.98 Å². The number of carbonyl (C=O) groups is 1. The van der Waals surface area contributed by atoms with Gasteiger partial charge in [0.15, 0.2) is 5.79 Å². The molecule has 1 saturated heterocycles. The summed E-state index contributed by atoms with van der Waals surface area (Å²) in [5, 5.41) is 4.16. The minimum Gasteiger partial charge on any atom is -0.359 e. The normalized spacial score (nSPS) is 23.4. The lowest BCUT2D eigenvalue weighted by atomic mass is 9.82. The number of anilines is 1. The minimum atomic E-state index is -0.697. The van der Waals surface area contributed by atoms with E-state index in [4.69, 9.17) is 9.47 Å². The fourth-order valence-corrected chi connectivity index (χ4v) is 3.85. The van der Waals surface area contributed by atoms with Gasteiger partial charge in [0, 0.05) is 28.7 Å². The quantitative estimate of drug-likeness (QED) is 0.893. The molecule has 5 nitrogen and oxygen atoms in total. The highest BCUT2D eigenvalue weighted by molar-refractivity contribution is 5.95. The van der Waals surface area contributed by atoms with Crippen LogP contribution in [0.5, 0.6) is 0 Å². The summed E-state index contributed by atoms with van der Waals surface area (Å²) >= 11 is 0. The third-order valence-corrected chi connectivity index (χ3v) is 4.91. The predicted molar refractivity (Wildman–Crippen MR) is 88.3 cm³/mol. The molecule has 2 heterocycles. The molecule has 1 amide bonds. The van der Waals surface area contributed by atoms with E-state index in [0.29, 0.717) is 13.2 Å². The van der Waals surface area contributed by atoms with Crippen LogP contribution in [-0.2, 0) is 14.3 Å². The van der Waals surface area contributed by atoms with Gasteiger partial charge < -0.3 is 19.8 Å². The Balaban J connectivity index is 1.55. The molecule has 1 spiro atoms. The average Bonchev–Trinajstić information content (AvgIpc) is 3.13. The number of fused-ring (bicyclic) bond motifs is 1. The number of aryl methyl sites for hydroxylation is 1. The molecule has 2 N–H and O–H groups in total. The van der Waals surface area contributed by atoms with E-state index in [9.17, 15) is 4.79 Å². The van der Waals surface area contributed by atoms with Crippen LogP contribution < -0.4 is 5.32 Å². The van der Waals surface area contributed by atoms with Crippen LogP contribution in [0.25, 0.3) is 10.9 Å². The highest BCUT2D eigenvalue weighted by Gasteiger charge is 2.49. The van der Waals surface area contributed by atoms with Gasteiger partial charge in [-0.05, 0) is 44.0 Å². The average molecular weight is 314 g/mol. The van der Waals surface area contributed by atoms with Crippen LogP contribution in [0.1, 0.15) is 31.4 Å². The van der Waals surface area contributed by atoms with Gasteiger partial charge in [0.2, 0.25) is 5.91 Å². The molecular formula is C18H22N2O3. The molecule has 23 heavy (non-hydrogen) atoms. The lowest BCUT2D eigenvalue weighted by Crippen LogP contribution is -2.47. The first-order valence-corrected chi connectivity index (χ1v) is 8.34. The number of carbonyl (C=O) groups excluding carboxylic acids is 1. The second kappa shape index (κ2) is 5.65. The Bertz CT molecular complexity index is 731. The van der Waals surface area contributed by atoms with Crippen molar-refractivity contribution in [2.75, 3.05) is 18.5 Å². The number of H-pyrrole nitrogens is 1. The van der Waals surface area contributed by atoms with Crippen LogP contribution in [0, 0.1) is 12.8 Å². The van der Waals surface area contributed by atoms with Gasteiger partial charge in [-0.15, -0.1) is 0 Å². The lowest BCUT2D eigenvalue weighted by Gasteiger charge is -2.38. The fourth-order valence-electron chi connectivity index (χ4n) is 3.85. The number of nitrogens with one attached hydrogen (secondary N) is 2. The van der Waals surface area contributed by atoms with Gasteiger partial charge in [0.05, 0.1) is 19.1 Å². The van der Waals surface area contributed by atoms with Gasteiger partial charge >= 0.3 is 0 Å². The van der Waals surface area contributed by atoms with E-state index >= 15 is 0 Å². The van der Waals surface area contributed by atoms with Crippen molar-refractivity contribution in [1.29, 1.82) is 0 Å². The van der Waals surface area contributed by atoms with Crippen molar-refractivity contribution in [2.24, 2.45) is 5.92 Å². The number of benzene rings is 1. The molecule has 1 aliphatic heterocycles. The highest BCUT2D eigenvalue weighted by Crippen LogP contribution is 2.41. The Labute approximate surface area is 135 Å². The first kappa shape index (κ1) is 14.7. The van der Waals surface area contributed by atoms with Gasteiger partial charge in [0.25, 0.3) is 0 Å². The Hall–Kier alpha value is -1.85. The van der Waals surface area contributed by atoms with E-state index in [0.717, 1.165) is 48.0 Å². The number of aromatic amines is 1. The standard InChI is InChI=1S/C18H22N2O3/c1-12-10-13-11-14(5-6-16(13)19-12)20-17(21)15-4-2-3-7-18(15)22-8-9-23-18/h5-6,10-11,15,19H,2-4,7-9H2,1H3,(H,20,21). The molecule has 1 aromatic heterocycles. The summed E-state index contributed by atoms with van der Waals surface area (Å²) in [5.41, 5.74) is 3.01. The molecule has 1 saturated carbocycles. The van der Waals surface area contributed by atoms with Gasteiger partial charge in [-0.1, -0.05) is 6.42 Å². The highest BCUT2D eigenvalue weighted by atomic mass is 16.7. The van der Waals surface area contributed by atoms with E-state index in [2.05, 4.69) is 16.4 Å². The van der Waals surface area contributed by atoms with Gasteiger partial charge in [-0.3, -0.25) is 4.79 Å². The summed E-state index contributed by atoms with van der Waals surface area (Å²) in [6.45, 7) is 3.19. The number of hydrogen-bond donors (Lipinski definition) is 2. The molecule has 2 fully saturated rings. The van der Waals surface area contributed by atoms with E-state index in [1.165, 1.54) is 0 Å². The molecule has 4 rings (SSSR count). The topological polar surface area (TPSA) is 63.4 Å². The van der Waals surface area contributed by atoms with E-state index < -0.39 is 5.79 Å². The molecule has 1 atom stereocenters. The molecule has 0 bridgehead atoms. The summed E-state index contributed by atoms with van der Waals surface area (Å²) in [4.78, 5) is 16.1. The Morgan fingerprint density at radius 2 is 2.09 bits per heavy atom. The summed E-state index contributed by atoms with van der Waals surface area (Å²) in [6, 6.07) is 8.01. The summed E-state index contributed by atoms with van der Waals surface area (Å²) in [5.74, 6) is -0.933. The summed E-state index contributed by atoms with van der Waals surface area (Å²) in [6.07, 6.45) is 3.72. The van der Waals surface area contributed by atoms with E-state index in [-0.39, 0.29) is 11.8 Å². The zero-order chi connectivity index (χ0) is 15.9. The van der Waals surface area contributed by atoms with Crippen molar-refractivity contribution < 1.29 is 14.3 Å². The number of ether oxygens (including phenoxy) is 2. The van der Waals surface area contributed by atoms with E-state index in [1.807, 2.05) is 25.1 Å². The summed E-state index contributed by atoms with van der Waals surface area (Å²) in [7, 11) is 0. The maximum Gasteiger partial charge on any atom is 0.232 e. The molecular weight excluding hydrogens is 292 g/mol. The number of amides is 1. The van der Waals surface area contributed by atoms with Gasteiger partial charge in [-0.2, -0.15) is 0 Å². The van der Waals surface area contributed by atoms with Crippen LogP contribution >= 0.6 is 0 Å². The lowest BCUT2D eigenvalue weighted by molar-refractivity contribution is -0.210. The number of aromatic nitrogens is 1. The van der Waals surface area contributed by atoms with Crippen LogP contribution in [0.4, 0.5) is 5.69 Å². The zero-order valence-corrected chi connectivity index (χ0v) is 13.4. The Kier molecular flexibility index (Phi) is 3.62. The molecule has 1 aliphatic carbocycles. The second-order valence-corrected chi connectivity index (χ2v) is 6.55. The van der Waals surface area contributed by atoms with Crippen LogP contribution in [0.3, 0.4) is 0 Å². The maximum atomic E-state index is 12.8. The van der Waals surface area contributed by atoms with Crippen molar-refractivity contribution >= 4 is 22.5 Å². The molecule has 0 radical (unpaired) electrons. The first-order valence-electron chi connectivity index (χ1n) is 8.34. The molecule has 2 aliphatic rings. The second-order valence-electron chi connectivity index (χ2n) is 6.55. The van der Waals surface area contributed by atoms with Crippen molar-refractivity contribution in [3.05, 3.63) is 30.0 Å². The van der Waals surface area contributed by atoms with Crippen molar-refractivity contribution in [3.8, 4) is 0 Å². The smallest absolute Gasteiger partial charge is 0.232 e. The number of rotatable bonds is 2. The SMILES string of the molecule is Cc1cc2cc(NC(=O)C3CCCCC34OCCO4)ccc2[nH]1. The van der Waals surface area contributed by atoms with Gasteiger partial charge in [0.1, 0.15) is 0 Å². The molecule has 1 aromatic carbocycles. The number of hydrogen-bond acceptors (Lipinski definition) is 3. The third kappa shape index (κ3) is 2.64. The largest absolute Gasteiger partial charge is 0.359 e. The Morgan fingerprint density at radius 3 is 2.91 bits per heavy atom. The zero-order valence-electron chi connectivity index (χ0n) is 13.4. The van der Waals surface area contributed by atoms with Crippen molar-refractivity contribution in [3.63, 3.8) is 0 Å². The summed E-state index contributed by atoms with van der Waals surface area (Å²) < 4.78 is 11.7. The van der Waals surface area contributed by atoms with Crippen LogP contribution in [-0.4, -0.2) is 29.9 Å². The predicted octanol–water partition coefficient (Wildman–Crippen LogP) is 3.35. The molecule has 122 valence electrons. The van der Waals surface area contributed by atoms with Crippen molar-refractivity contribution in [2.45, 2.75) is 38.4 Å². The van der Waals surface area contributed by atoms with Crippen LogP contribution in [0.15, 0.2) is 24.3 Å². The molecule has 2 aromatic rings. The maximum absolute atomic E-state index is 12.8.